The van der Waals surface area contributed by atoms with Crippen molar-refractivity contribution in [1.29, 1.82) is 0 Å². The Kier molecular flexibility index (Phi) is 3.78. The van der Waals surface area contributed by atoms with Crippen molar-refractivity contribution >= 4 is 5.78 Å². The second-order valence-electron chi connectivity index (χ2n) is 5.07. The van der Waals surface area contributed by atoms with Gasteiger partial charge in [0.25, 0.3) is 0 Å². The SMILES string of the molecule is C=CCC1(Cc2ccccc2)CCCCC1=O. The smallest absolute Gasteiger partial charge is 0.139 e. The van der Waals surface area contributed by atoms with E-state index in [9.17, 15) is 4.79 Å². The molecule has 1 fully saturated rings. The molecule has 1 aromatic carbocycles. The highest BCUT2D eigenvalue weighted by Gasteiger charge is 2.38. The summed E-state index contributed by atoms with van der Waals surface area (Å²) in [7, 11) is 0. The van der Waals surface area contributed by atoms with Gasteiger partial charge in [0.05, 0.1) is 0 Å². The van der Waals surface area contributed by atoms with E-state index in [4.69, 9.17) is 0 Å². The van der Waals surface area contributed by atoms with Crippen LogP contribution >= 0.6 is 0 Å². The molecule has 0 radical (unpaired) electrons. The molecule has 1 aliphatic carbocycles. The van der Waals surface area contributed by atoms with Crippen LogP contribution in [0.2, 0.25) is 0 Å². The molecule has 1 atom stereocenters. The Morgan fingerprint density at radius 2 is 2.00 bits per heavy atom. The molecule has 1 nitrogen and oxygen atoms in total. The van der Waals surface area contributed by atoms with E-state index in [1.165, 1.54) is 12.0 Å². The van der Waals surface area contributed by atoms with Crippen LogP contribution in [0.4, 0.5) is 0 Å². The predicted octanol–water partition coefficient (Wildman–Crippen LogP) is 3.93. The number of rotatable bonds is 4. The van der Waals surface area contributed by atoms with Gasteiger partial charge < -0.3 is 0 Å². The molecular weight excluding hydrogens is 208 g/mol. The highest BCUT2D eigenvalue weighted by atomic mass is 16.1. The lowest BCUT2D eigenvalue weighted by Gasteiger charge is -2.35. The number of ketones is 1. The highest BCUT2D eigenvalue weighted by molar-refractivity contribution is 5.86. The second-order valence-corrected chi connectivity index (χ2v) is 5.07. The lowest BCUT2D eigenvalue weighted by Crippen LogP contribution is -2.35. The van der Waals surface area contributed by atoms with Crippen molar-refractivity contribution in [3.05, 3.63) is 48.6 Å². The van der Waals surface area contributed by atoms with E-state index in [2.05, 4.69) is 18.7 Å². The summed E-state index contributed by atoms with van der Waals surface area (Å²) in [4.78, 5) is 12.3. The van der Waals surface area contributed by atoms with Crippen molar-refractivity contribution in [2.45, 2.75) is 38.5 Å². The van der Waals surface area contributed by atoms with Crippen molar-refractivity contribution in [3.63, 3.8) is 0 Å². The van der Waals surface area contributed by atoms with Crippen LogP contribution in [0.3, 0.4) is 0 Å². The standard InChI is InChI=1S/C16H20O/c1-2-11-16(12-7-6-10-15(16)17)13-14-8-4-3-5-9-14/h2-5,8-9H,1,6-7,10-13H2. The summed E-state index contributed by atoms with van der Waals surface area (Å²) < 4.78 is 0. The molecule has 0 aromatic heterocycles. The number of hydrogen-bond acceptors (Lipinski definition) is 1. The fourth-order valence-corrected chi connectivity index (χ4v) is 2.89. The molecule has 1 saturated carbocycles. The summed E-state index contributed by atoms with van der Waals surface area (Å²) in [5.41, 5.74) is 1.10. The number of Topliss-reactive ketones (excluding diaryl/α,β-unsaturated/α-hetero) is 1. The molecule has 2 rings (SSSR count). The number of carbonyl (C=O) groups excluding carboxylic acids is 1. The van der Waals surface area contributed by atoms with Gasteiger partial charge >= 0.3 is 0 Å². The molecule has 0 spiro atoms. The molecule has 0 heterocycles. The molecule has 0 saturated heterocycles. The number of hydrogen-bond donors (Lipinski definition) is 0. The summed E-state index contributed by atoms with van der Waals surface area (Å²) in [5.74, 6) is 0.438. The minimum Gasteiger partial charge on any atom is -0.299 e. The molecule has 0 bridgehead atoms. The molecule has 1 aliphatic rings. The Labute approximate surface area is 104 Å². The maximum Gasteiger partial charge on any atom is 0.139 e. The molecular formula is C16H20O. The molecule has 0 N–H and O–H groups in total. The third-order valence-corrected chi connectivity index (χ3v) is 3.82. The minimum absolute atomic E-state index is 0.165. The van der Waals surface area contributed by atoms with Crippen LogP contribution in [-0.4, -0.2) is 5.78 Å². The molecule has 90 valence electrons. The van der Waals surface area contributed by atoms with Crippen molar-refractivity contribution in [1.82, 2.24) is 0 Å². The lowest BCUT2D eigenvalue weighted by molar-refractivity contribution is -0.131. The third-order valence-electron chi connectivity index (χ3n) is 3.82. The van der Waals surface area contributed by atoms with Gasteiger partial charge in [-0.15, -0.1) is 6.58 Å². The minimum atomic E-state index is -0.165. The van der Waals surface area contributed by atoms with Crippen molar-refractivity contribution in [2.24, 2.45) is 5.41 Å². The third kappa shape index (κ3) is 2.66. The van der Waals surface area contributed by atoms with Gasteiger partial charge in [0.1, 0.15) is 5.78 Å². The zero-order valence-electron chi connectivity index (χ0n) is 10.3. The first-order chi connectivity index (χ1) is 8.27. The largest absolute Gasteiger partial charge is 0.299 e. The quantitative estimate of drug-likeness (QED) is 0.713. The molecule has 17 heavy (non-hydrogen) atoms. The Morgan fingerprint density at radius 3 is 2.65 bits per heavy atom. The summed E-state index contributed by atoms with van der Waals surface area (Å²) in [6.07, 6.45) is 7.61. The Bertz CT molecular complexity index is 393. The van der Waals surface area contributed by atoms with Gasteiger partial charge in [0, 0.05) is 11.8 Å². The van der Waals surface area contributed by atoms with Crippen LogP contribution < -0.4 is 0 Å². The first kappa shape index (κ1) is 12.1. The van der Waals surface area contributed by atoms with E-state index in [-0.39, 0.29) is 5.41 Å². The van der Waals surface area contributed by atoms with Crippen LogP contribution in [0.5, 0.6) is 0 Å². The highest BCUT2D eigenvalue weighted by Crippen LogP contribution is 2.39. The Morgan fingerprint density at radius 1 is 1.24 bits per heavy atom. The average Bonchev–Trinajstić information content (AvgIpc) is 2.35. The monoisotopic (exact) mass is 228 g/mol. The van der Waals surface area contributed by atoms with Gasteiger partial charge in [-0.1, -0.05) is 42.8 Å². The van der Waals surface area contributed by atoms with Crippen molar-refractivity contribution in [2.75, 3.05) is 0 Å². The van der Waals surface area contributed by atoms with E-state index >= 15 is 0 Å². The predicted molar refractivity (Wildman–Crippen MR) is 70.9 cm³/mol. The Balaban J connectivity index is 2.22. The summed E-state index contributed by atoms with van der Waals surface area (Å²) in [6, 6.07) is 10.3. The summed E-state index contributed by atoms with van der Waals surface area (Å²) in [5, 5.41) is 0. The molecule has 0 aliphatic heterocycles. The van der Waals surface area contributed by atoms with Gasteiger partial charge in [-0.25, -0.2) is 0 Å². The van der Waals surface area contributed by atoms with E-state index in [1.807, 2.05) is 24.3 Å². The van der Waals surface area contributed by atoms with Crippen LogP contribution in [-0.2, 0) is 11.2 Å². The van der Waals surface area contributed by atoms with E-state index in [0.717, 1.165) is 32.1 Å². The lowest BCUT2D eigenvalue weighted by atomic mass is 9.67. The van der Waals surface area contributed by atoms with Gasteiger partial charge in [-0.2, -0.15) is 0 Å². The fraction of sp³-hybridized carbons (Fsp3) is 0.438. The molecule has 1 aromatic rings. The maximum absolute atomic E-state index is 12.3. The molecule has 1 unspecified atom stereocenters. The van der Waals surface area contributed by atoms with E-state index in [0.29, 0.717) is 5.78 Å². The summed E-state index contributed by atoms with van der Waals surface area (Å²) >= 11 is 0. The first-order valence-electron chi connectivity index (χ1n) is 6.45. The fourth-order valence-electron chi connectivity index (χ4n) is 2.89. The topological polar surface area (TPSA) is 17.1 Å². The summed E-state index contributed by atoms with van der Waals surface area (Å²) in [6.45, 7) is 3.82. The van der Waals surface area contributed by atoms with Crippen molar-refractivity contribution in [3.8, 4) is 0 Å². The Hall–Kier alpha value is -1.37. The van der Waals surface area contributed by atoms with Crippen LogP contribution in [0.15, 0.2) is 43.0 Å². The van der Waals surface area contributed by atoms with Gasteiger partial charge in [0.15, 0.2) is 0 Å². The van der Waals surface area contributed by atoms with E-state index < -0.39 is 0 Å². The zero-order chi connectivity index (χ0) is 12.1. The second kappa shape index (κ2) is 5.31. The molecule has 0 amide bonds. The van der Waals surface area contributed by atoms with Crippen LogP contribution in [0.1, 0.15) is 37.7 Å². The first-order valence-corrected chi connectivity index (χ1v) is 6.45. The van der Waals surface area contributed by atoms with Gasteiger partial charge in [0.2, 0.25) is 0 Å². The normalized spacial score (nSPS) is 24.6. The number of benzene rings is 1. The van der Waals surface area contributed by atoms with Gasteiger partial charge in [-0.05, 0) is 31.2 Å². The van der Waals surface area contributed by atoms with Gasteiger partial charge in [-0.3, -0.25) is 4.79 Å². The average molecular weight is 228 g/mol. The zero-order valence-corrected chi connectivity index (χ0v) is 10.3. The molecule has 1 heteroatoms. The number of allylic oxidation sites excluding steroid dienone is 1. The number of carbonyl (C=O) groups is 1. The van der Waals surface area contributed by atoms with Crippen LogP contribution in [0.25, 0.3) is 0 Å². The van der Waals surface area contributed by atoms with Crippen molar-refractivity contribution < 1.29 is 4.79 Å². The maximum atomic E-state index is 12.3. The van der Waals surface area contributed by atoms with E-state index in [1.54, 1.807) is 0 Å². The van der Waals surface area contributed by atoms with Crippen LogP contribution in [0, 0.1) is 5.41 Å².